The van der Waals surface area contributed by atoms with Crippen molar-refractivity contribution < 1.29 is 22.1 Å². The largest absolute Gasteiger partial charge is 0.458 e. The van der Waals surface area contributed by atoms with E-state index in [9.17, 15) is 13.2 Å². The number of hydrogen-bond donors (Lipinski definition) is 0. The van der Waals surface area contributed by atoms with Crippen LogP contribution in [-0.4, -0.2) is 27.1 Å². The Balaban J connectivity index is 2.06. The molecule has 0 aliphatic heterocycles. The van der Waals surface area contributed by atoms with Gasteiger partial charge < -0.3 is 4.74 Å². The van der Waals surface area contributed by atoms with Crippen molar-refractivity contribution in [3.8, 4) is 0 Å². The van der Waals surface area contributed by atoms with Gasteiger partial charge in [-0.15, -0.1) is 0 Å². The number of benzene rings is 2. The van der Waals surface area contributed by atoms with E-state index in [1.807, 2.05) is 19.9 Å². The van der Waals surface area contributed by atoms with Crippen molar-refractivity contribution in [3.63, 3.8) is 0 Å². The van der Waals surface area contributed by atoms with Crippen LogP contribution in [0.3, 0.4) is 0 Å². The minimum absolute atomic E-state index is 0.0273. The van der Waals surface area contributed by atoms with Gasteiger partial charge in [0.1, 0.15) is 6.10 Å². The molecule has 2 unspecified atom stereocenters. The summed E-state index contributed by atoms with van der Waals surface area (Å²) in [6, 6.07) is 16.8. The smallest absolute Gasteiger partial charge is 0.338 e. The fourth-order valence-electron chi connectivity index (χ4n) is 2.78. The van der Waals surface area contributed by atoms with E-state index in [0.717, 1.165) is 6.42 Å². The van der Waals surface area contributed by atoms with Crippen LogP contribution in [0.1, 0.15) is 43.5 Å². The molecule has 0 heterocycles. The Morgan fingerprint density at radius 3 is 2.11 bits per heavy atom. The first-order valence-electron chi connectivity index (χ1n) is 9.18. The molecule has 0 aromatic heterocycles. The Hall–Kier alpha value is -2.18. The summed E-state index contributed by atoms with van der Waals surface area (Å²) in [7, 11) is -3.84. The van der Waals surface area contributed by atoms with E-state index >= 15 is 0 Å². The minimum Gasteiger partial charge on any atom is -0.458 e. The van der Waals surface area contributed by atoms with Gasteiger partial charge in [0.2, 0.25) is 0 Å². The summed E-state index contributed by atoms with van der Waals surface area (Å²) in [6.07, 6.45) is 1.69. The first kappa shape index (κ1) is 21.1. The summed E-state index contributed by atoms with van der Waals surface area (Å²) in [4.78, 5) is 12.5. The molecule has 0 N–H and O–H groups in total. The van der Waals surface area contributed by atoms with Crippen LogP contribution in [0.2, 0.25) is 0 Å². The molecular formula is C21H26O5S. The molecule has 0 aliphatic carbocycles. The van der Waals surface area contributed by atoms with Crippen LogP contribution in [0.15, 0.2) is 65.6 Å². The highest BCUT2D eigenvalue weighted by atomic mass is 32.2. The summed E-state index contributed by atoms with van der Waals surface area (Å²) in [5.74, 6) is -0.616. The van der Waals surface area contributed by atoms with Crippen LogP contribution in [0, 0.1) is 5.92 Å². The molecule has 2 atom stereocenters. The van der Waals surface area contributed by atoms with Gasteiger partial charge in [0.25, 0.3) is 10.1 Å². The lowest BCUT2D eigenvalue weighted by atomic mass is 9.96. The highest BCUT2D eigenvalue weighted by Crippen LogP contribution is 2.22. The van der Waals surface area contributed by atoms with Crippen molar-refractivity contribution in [1.82, 2.24) is 0 Å². The Labute approximate surface area is 161 Å². The van der Waals surface area contributed by atoms with Crippen LogP contribution in [0.25, 0.3) is 0 Å². The molecule has 0 amide bonds. The summed E-state index contributed by atoms with van der Waals surface area (Å²) in [5.41, 5.74) is 0.478. The fraction of sp³-hybridized carbons (Fsp3) is 0.381. The highest BCUT2D eigenvalue weighted by Gasteiger charge is 2.27. The Bertz CT molecular complexity index is 803. The molecule has 6 heteroatoms. The van der Waals surface area contributed by atoms with Gasteiger partial charge in [-0.3, -0.25) is 4.18 Å². The third-order valence-electron chi connectivity index (χ3n) is 4.36. The van der Waals surface area contributed by atoms with Gasteiger partial charge in [-0.25, -0.2) is 4.79 Å². The SMILES string of the molecule is CCCC(OC(=O)c1ccccc1)C(CC)COS(=O)(=O)c1ccccc1. The second-order valence-electron chi connectivity index (χ2n) is 6.32. The van der Waals surface area contributed by atoms with E-state index in [1.54, 1.807) is 42.5 Å². The summed E-state index contributed by atoms with van der Waals surface area (Å²) in [6.45, 7) is 3.90. The van der Waals surface area contributed by atoms with Crippen molar-refractivity contribution in [2.24, 2.45) is 5.92 Å². The van der Waals surface area contributed by atoms with E-state index in [0.29, 0.717) is 18.4 Å². The third-order valence-corrected chi connectivity index (χ3v) is 5.66. The number of hydrogen-bond acceptors (Lipinski definition) is 5. The third kappa shape index (κ3) is 6.19. The molecule has 0 radical (unpaired) electrons. The topological polar surface area (TPSA) is 69.7 Å². The van der Waals surface area contributed by atoms with Gasteiger partial charge in [-0.05, 0) is 37.1 Å². The number of carbonyl (C=O) groups is 1. The lowest BCUT2D eigenvalue weighted by Gasteiger charge is -2.25. The first-order chi connectivity index (χ1) is 13.0. The number of rotatable bonds is 10. The average Bonchev–Trinajstić information content (AvgIpc) is 2.69. The highest BCUT2D eigenvalue weighted by molar-refractivity contribution is 7.86. The maximum Gasteiger partial charge on any atom is 0.338 e. The van der Waals surface area contributed by atoms with Crippen molar-refractivity contribution in [1.29, 1.82) is 0 Å². The molecule has 0 saturated carbocycles. The predicted octanol–water partition coefficient (Wildman–Crippen LogP) is 4.44. The molecular weight excluding hydrogens is 364 g/mol. The van der Waals surface area contributed by atoms with Crippen molar-refractivity contribution in [3.05, 3.63) is 66.2 Å². The zero-order valence-corrected chi connectivity index (χ0v) is 16.5. The lowest BCUT2D eigenvalue weighted by molar-refractivity contribution is 0.00260. The zero-order chi connectivity index (χ0) is 19.7. The van der Waals surface area contributed by atoms with Gasteiger partial charge in [0, 0.05) is 5.92 Å². The molecule has 2 aromatic rings. The molecule has 146 valence electrons. The van der Waals surface area contributed by atoms with Gasteiger partial charge >= 0.3 is 5.97 Å². The monoisotopic (exact) mass is 390 g/mol. The summed E-state index contributed by atoms with van der Waals surface area (Å²) >= 11 is 0. The van der Waals surface area contributed by atoms with Crippen molar-refractivity contribution in [2.75, 3.05) is 6.61 Å². The Kier molecular flexibility index (Phi) is 8.00. The minimum atomic E-state index is -3.84. The van der Waals surface area contributed by atoms with Crippen molar-refractivity contribution in [2.45, 2.75) is 44.1 Å². The first-order valence-corrected chi connectivity index (χ1v) is 10.6. The second-order valence-corrected chi connectivity index (χ2v) is 7.93. The summed E-state index contributed by atoms with van der Waals surface area (Å²) < 4.78 is 35.6. The van der Waals surface area contributed by atoms with Gasteiger partial charge in [0.05, 0.1) is 17.1 Å². The molecule has 2 aromatic carbocycles. The number of ether oxygens (including phenoxy) is 1. The second kappa shape index (κ2) is 10.2. The van der Waals surface area contributed by atoms with Crippen LogP contribution < -0.4 is 0 Å². The van der Waals surface area contributed by atoms with Gasteiger partial charge in [-0.2, -0.15) is 8.42 Å². The maximum atomic E-state index is 12.4. The lowest BCUT2D eigenvalue weighted by Crippen LogP contribution is -2.31. The molecule has 0 saturated heterocycles. The molecule has 0 fully saturated rings. The molecule has 2 rings (SSSR count). The van der Waals surface area contributed by atoms with E-state index < -0.39 is 22.2 Å². The van der Waals surface area contributed by atoms with Crippen LogP contribution >= 0.6 is 0 Å². The zero-order valence-electron chi connectivity index (χ0n) is 15.7. The molecule has 0 spiro atoms. The molecule has 27 heavy (non-hydrogen) atoms. The van der Waals surface area contributed by atoms with E-state index in [2.05, 4.69) is 0 Å². The van der Waals surface area contributed by atoms with Crippen molar-refractivity contribution >= 4 is 16.1 Å². The van der Waals surface area contributed by atoms with Crippen LogP contribution in [0.4, 0.5) is 0 Å². The number of esters is 1. The fourth-order valence-corrected chi connectivity index (χ4v) is 3.76. The maximum absolute atomic E-state index is 12.4. The quantitative estimate of drug-likeness (QED) is 0.443. The van der Waals surface area contributed by atoms with E-state index in [1.165, 1.54) is 12.1 Å². The molecule has 5 nitrogen and oxygen atoms in total. The van der Waals surface area contributed by atoms with Gasteiger partial charge in [0.15, 0.2) is 0 Å². The molecule has 0 bridgehead atoms. The average molecular weight is 391 g/mol. The predicted molar refractivity (Wildman–Crippen MR) is 104 cm³/mol. The molecule has 0 aliphatic rings. The standard InChI is InChI=1S/C21H26O5S/c1-3-11-20(26-21(22)18-12-7-5-8-13-18)17(4-2)16-25-27(23,24)19-14-9-6-10-15-19/h5-10,12-15,17,20H,3-4,11,16H2,1-2H3. The Morgan fingerprint density at radius 2 is 1.56 bits per heavy atom. The van der Waals surface area contributed by atoms with E-state index in [4.69, 9.17) is 8.92 Å². The summed E-state index contributed by atoms with van der Waals surface area (Å²) in [5, 5.41) is 0. The Morgan fingerprint density at radius 1 is 0.963 bits per heavy atom. The number of carbonyl (C=O) groups excluding carboxylic acids is 1. The normalized spacial score (nSPS) is 13.7. The van der Waals surface area contributed by atoms with E-state index in [-0.39, 0.29) is 17.4 Å². The van der Waals surface area contributed by atoms with Crippen LogP contribution in [-0.2, 0) is 19.0 Å². The van der Waals surface area contributed by atoms with Gasteiger partial charge in [-0.1, -0.05) is 56.7 Å². The van der Waals surface area contributed by atoms with Crippen LogP contribution in [0.5, 0.6) is 0 Å².